The molecule has 23 heavy (non-hydrogen) atoms. The van der Waals surface area contributed by atoms with Gasteiger partial charge in [-0.15, -0.1) is 5.10 Å². The predicted molar refractivity (Wildman–Crippen MR) is 90.6 cm³/mol. The molecule has 0 saturated heterocycles. The number of nitrogens with zero attached hydrogens (tertiary/aromatic N) is 3. The lowest BCUT2D eigenvalue weighted by atomic mass is 10.0. The van der Waals surface area contributed by atoms with Crippen molar-refractivity contribution in [1.29, 1.82) is 5.26 Å². The van der Waals surface area contributed by atoms with Crippen molar-refractivity contribution in [2.24, 2.45) is 0 Å². The van der Waals surface area contributed by atoms with Crippen LogP contribution in [0.25, 0.3) is 0 Å². The highest BCUT2D eigenvalue weighted by Crippen LogP contribution is 2.23. The van der Waals surface area contributed by atoms with Crippen LogP contribution >= 0.6 is 0 Å². The number of ether oxygens (including phenoxy) is 1. The Bertz CT molecular complexity index is 707. The summed E-state index contributed by atoms with van der Waals surface area (Å²) in [4.78, 5) is 0. The molecule has 0 fully saturated rings. The second kappa shape index (κ2) is 8.25. The summed E-state index contributed by atoms with van der Waals surface area (Å²) in [5, 5.41) is 21.2. The normalized spacial score (nSPS) is 10.3. The Labute approximate surface area is 137 Å². The summed E-state index contributed by atoms with van der Waals surface area (Å²) < 4.78 is 5.43. The molecule has 5 nitrogen and oxygen atoms in total. The Balaban J connectivity index is 2.32. The molecule has 0 radical (unpaired) electrons. The fourth-order valence-corrected chi connectivity index (χ4v) is 2.48. The summed E-state index contributed by atoms with van der Waals surface area (Å²) in [6.07, 6.45) is 1.54. The molecule has 0 unspecified atom stereocenters. The molecule has 0 amide bonds. The van der Waals surface area contributed by atoms with Gasteiger partial charge >= 0.3 is 0 Å². The van der Waals surface area contributed by atoms with Crippen LogP contribution in [0.3, 0.4) is 0 Å². The van der Waals surface area contributed by atoms with Gasteiger partial charge in [-0.05, 0) is 43.0 Å². The molecule has 0 atom stereocenters. The van der Waals surface area contributed by atoms with Gasteiger partial charge in [-0.2, -0.15) is 10.4 Å². The average Bonchev–Trinajstić information content (AvgIpc) is 2.59. The number of anilines is 2. The summed E-state index contributed by atoms with van der Waals surface area (Å²) in [7, 11) is 0. The molecule has 0 aliphatic rings. The lowest BCUT2D eigenvalue weighted by Crippen LogP contribution is -2.07. The minimum atomic E-state index is 0.509. The maximum atomic E-state index is 9.52. The van der Waals surface area contributed by atoms with Crippen molar-refractivity contribution in [3.8, 4) is 6.07 Å². The molecule has 0 spiro atoms. The molecule has 0 saturated carbocycles. The van der Waals surface area contributed by atoms with Crippen molar-refractivity contribution in [3.05, 3.63) is 46.6 Å². The van der Waals surface area contributed by atoms with E-state index in [1.165, 1.54) is 0 Å². The monoisotopic (exact) mass is 310 g/mol. The van der Waals surface area contributed by atoms with Crippen LogP contribution in [0.1, 0.15) is 43.2 Å². The Kier molecular flexibility index (Phi) is 6.07. The third-order valence-electron chi connectivity index (χ3n) is 3.62. The molecule has 0 aliphatic carbocycles. The number of aryl methyl sites for hydroxylation is 1. The van der Waals surface area contributed by atoms with Crippen molar-refractivity contribution < 1.29 is 4.74 Å². The first-order valence-corrected chi connectivity index (χ1v) is 7.95. The molecule has 0 aliphatic heterocycles. The fraction of sp³-hybridized carbons (Fsp3) is 0.389. The molecule has 1 aromatic carbocycles. The van der Waals surface area contributed by atoms with Gasteiger partial charge in [-0.1, -0.05) is 26.0 Å². The summed E-state index contributed by atoms with van der Waals surface area (Å²) in [5.74, 6) is 0.509. The van der Waals surface area contributed by atoms with Crippen molar-refractivity contribution >= 4 is 11.5 Å². The summed E-state index contributed by atoms with van der Waals surface area (Å²) in [6, 6.07) is 10.2. The van der Waals surface area contributed by atoms with Gasteiger partial charge in [0.15, 0.2) is 5.82 Å². The van der Waals surface area contributed by atoms with Gasteiger partial charge in [0, 0.05) is 12.3 Å². The molecule has 2 aromatic rings. The van der Waals surface area contributed by atoms with E-state index in [9.17, 15) is 5.26 Å². The summed E-state index contributed by atoms with van der Waals surface area (Å²) in [5.41, 5.74) is 4.38. The van der Waals surface area contributed by atoms with E-state index in [1.807, 2.05) is 45.0 Å². The van der Waals surface area contributed by atoms with E-state index in [0.717, 1.165) is 35.3 Å². The average molecular weight is 310 g/mol. The zero-order valence-electron chi connectivity index (χ0n) is 13.9. The number of benzene rings is 1. The topological polar surface area (TPSA) is 70.8 Å². The van der Waals surface area contributed by atoms with Gasteiger partial charge in [0.2, 0.25) is 0 Å². The first kappa shape index (κ1) is 16.9. The SMILES string of the molecule is CCOCc1cccc(Nc2nnc(CC)c(CC)c2C#N)c1. The molecular weight excluding hydrogens is 288 g/mol. The highest BCUT2D eigenvalue weighted by atomic mass is 16.5. The van der Waals surface area contributed by atoms with Gasteiger partial charge < -0.3 is 10.1 Å². The van der Waals surface area contributed by atoms with Crippen LogP contribution in [0.4, 0.5) is 11.5 Å². The number of nitrogens with one attached hydrogen (secondary N) is 1. The smallest absolute Gasteiger partial charge is 0.171 e. The predicted octanol–water partition coefficient (Wildman–Crippen LogP) is 3.75. The number of hydrogen-bond acceptors (Lipinski definition) is 5. The van der Waals surface area contributed by atoms with Crippen LogP contribution in [0.2, 0.25) is 0 Å². The van der Waals surface area contributed by atoms with Crippen LogP contribution < -0.4 is 5.32 Å². The Morgan fingerprint density at radius 1 is 1.17 bits per heavy atom. The van der Waals surface area contributed by atoms with Crippen molar-refractivity contribution in [1.82, 2.24) is 10.2 Å². The third-order valence-corrected chi connectivity index (χ3v) is 3.62. The van der Waals surface area contributed by atoms with Gasteiger partial charge in [-0.25, -0.2) is 0 Å². The maximum absolute atomic E-state index is 9.52. The first-order valence-electron chi connectivity index (χ1n) is 7.95. The van der Waals surface area contributed by atoms with Crippen LogP contribution in [0.5, 0.6) is 0 Å². The second-order valence-corrected chi connectivity index (χ2v) is 5.13. The van der Waals surface area contributed by atoms with E-state index in [0.29, 0.717) is 24.6 Å². The van der Waals surface area contributed by atoms with Crippen LogP contribution in [-0.2, 0) is 24.2 Å². The van der Waals surface area contributed by atoms with Gasteiger partial charge in [0.25, 0.3) is 0 Å². The largest absolute Gasteiger partial charge is 0.377 e. The van der Waals surface area contributed by atoms with Crippen molar-refractivity contribution in [2.75, 3.05) is 11.9 Å². The zero-order valence-corrected chi connectivity index (χ0v) is 13.9. The highest BCUT2D eigenvalue weighted by molar-refractivity contribution is 5.65. The van der Waals surface area contributed by atoms with E-state index >= 15 is 0 Å². The Morgan fingerprint density at radius 3 is 2.65 bits per heavy atom. The first-order chi connectivity index (χ1) is 11.2. The van der Waals surface area contributed by atoms with E-state index in [2.05, 4.69) is 21.6 Å². The van der Waals surface area contributed by atoms with E-state index in [1.54, 1.807) is 0 Å². The van der Waals surface area contributed by atoms with Gasteiger partial charge in [0.05, 0.1) is 12.3 Å². The molecule has 0 bridgehead atoms. The molecule has 1 heterocycles. The van der Waals surface area contributed by atoms with Crippen molar-refractivity contribution in [2.45, 2.75) is 40.2 Å². The molecule has 5 heteroatoms. The quantitative estimate of drug-likeness (QED) is 0.843. The minimum absolute atomic E-state index is 0.509. The lowest BCUT2D eigenvalue weighted by Gasteiger charge is -2.12. The van der Waals surface area contributed by atoms with Gasteiger partial charge in [-0.3, -0.25) is 0 Å². The second-order valence-electron chi connectivity index (χ2n) is 5.13. The molecule has 120 valence electrons. The number of hydrogen-bond donors (Lipinski definition) is 1. The number of aromatic nitrogens is 2. The van der Waals surface area contributed by atoms with E-state index < -0.39 is 0 Å². The summed E-state index contributed by atoms with van der Waals surface area (Å²) >= 11 is 0. The molecule has 2 rings (SSSR count). The van der Waals surface area contributed by atoms with Crippen LogP contribution in [-0.4, -0.2) is 16.8 Å². The Morgan fingerprint density at radius 2 is 2.00 bits per heavy atom. The third kappa shape index (κ3) is 4.05. The van der Waals surface area contributed by atoms with E-state index in [4.69, 9.17) is 4.74 Å². The standard InChI is InChI=1S/C18H22N4O/c1-4-15-16(11-19)18(22-21-17(15)5-2)20-14-9-7-8-13(10-14)12-23-6-3/h7-10H,4-6,12H2,1-3H3,(H,20,22). The van der Waals surface area contributed by atoms with Gasteiger partial charge in [0.1, 0.15) is 11.6 Å². The molecule has 1 N–H and O–H groups in total. The van der Waals surface area contributed by atoms with Crippen LogP contribution in [0, 0.1) is 11.3 Å². The van der Waals surface area contributed by atoms with Crippen LogP contribution in [0.15, 0.2) is 24.3 Å². The Hall–Kier alpha value is -2.45. The molecular formula is C18H22N4O. The molecule has 1 aromatic heterocycles. The highest BCUT2D eigenvalue weighted by Gasteiger charge is 2.14. The number of rotatable bonds is 7. The fourth-order valence-electron chi connectivity index (χ4n) is 2.48. The van der Waals surface area contributed by atoms with E-state index in [-0.39, 0.29) is 0 Å². The van der Waals surface area contributed by atoms with Crippen molar-refractivity contribution in [3.63, 3.8) is 0 Å². The number of nitriles is 1. The summed E-state index contributed by atoms with van der Waals surface area (Å²) in [6.45, 7) is 7.27. The maximum Gasteiger partial charge on any atom is 0.171 e. The lowest BCUT2D eigenvalue weighted by molar-refractivity contribution is 0.134. The zero-order chi connectivity index (χ0) is 16.7. The minimum Gasteiger partial charge on any atom is -0.377 e.